The highest BCUT2D eigenvalue weighted by molar-refractivity contribution is 7.95. The number of nitrogens with one attached hydrogen (secondary N) is 1. The van der Waals surface area contributed by atoms with Gasteiger partial charge in [-0.3, -0.25) is 9.98 Å². The third kappa shape index (κ3) is 4.34. The first-order valence-corrected chi connectivity index (χ1v) is 11.4. The van der Waals surface area contributed by atoms with Crippen molar-refractivity contribution in [3.63, 3.8) is 0 Å². The first kappa shape index (κ1) is 20.0. The third-order valence-corrected chi connectivity index (χ3v) is 6.60. The molecule has 5 N–H and O–H groups in total. The molecule has 4 rings (SSSR count). The molecule has 10 heteroatoms. The smallest absolute Gasteiger partial charge is 0.354 e. The number of amides is 2. The molecule has 0 saturated heterocycles. The average molecular weight is 419 g/mol. The Balaban J connectivity index is 1.60. The molecule has 3 aliphatic rings. The predicted octanol–water partition coefficient (Wildman–Crippen LogP) is 1.90. The Kier molecular flexibility index (Phi) is 5.41. The van der Waals surface area contributed by atoms with Crippen molar-refractivity contribution >= 4 is 27.3 Å². The van der Waals surface area contributed by atoms with Crippen LogP contribution >= 0.6 is 0 Å². The second-order valence-electron chi connectivity index (χ2n) is 7.61. The third-order valence-electron chi connectivity index (χ3n) is 5.37. The maximum Gasteiger partial charge on any atom is 0.354 e. The molecular formula is C19H26N6O3S. The highest BCUT2D eigenvalue weighted by Gasteiger charge is 2.31. The number of fused-ring (bicyclic) bond motifs is 1. The molecule has 29 heavy (non-hydrogen) atoms. The summed E-state index contributed by atoms with van der Waals surface area (Å²) >= 11 is 0. The Morgan fingerprint density at radius 3 is 2.86 bits per heavy atom. The standard InChI is InChI=1S/C19H26N6O3S/c1-11-17(12-5-6-12)23-15-4-2-3-14(15)18(11)24-19(26)25-29(21,27)16(20)9-13-10-28-8-7-22-13/h9,12H,2-8,10,20H2,1H3,(H3,21,23,24,25,26,27)/b16-9+. The minimum atomic E-state index is -3.57. The molecular weight excluding hydrogens is 392 g/mol. The van der Waals surface area contributed by atoms with Gasteiger partial charge in [-0.15, -0.1) is 4.36 Å². The number of anilines is 1. The summed E-state index contributed by atoms with van der Waals surface area (Å²) in [4.78, 5) is 21.6. The lowest BCUT2D eigenvalue weighted by Gasteiger charge is -2.16. The van der Waals surface area contributed by atoms with Crippen LogP contribution in [0.3, 0.4) is 0 Å². The van der Waals surface area contributed by atoms with Gasteiger partial charge in [-0.05, 0) is 56.2 Å². The van der Waals surface area contributed by atoms with E-state index in [0.29, 0.717) is 24.8 Å². The Hall–Kier alpha value is -2.30. The van der Waals surface area contributed by atoms with E-state index < -0.39 is 15.9 Å². The minimum absolute atomic E-state index is 0.202. The second kappa shape index (κ2) is 7.85. The van der Waals surface area contributed by atoms with Gasteiger partial charge >= 0.3 is 6.03 Å². The van der Waals surface area contributed by atoms with Gasteiger partial charge in [-0.1, -0.05) is 0 Å². The maximum absolute atomic E-state index is 12.7. The largest absolute Gasteiger partial charge is 0.390 e. The molecule has 1 aromatic heterocycles. The van der Waals surface area contributed by atoms with Gasteiger partial charge in [0.2, 0.25) is 0 Å². The number of carbonyl (C=O) groups is 1. The number of aromatic nitrogens is 1. The summed E-state index contributed by atoms with van der Waals surface area (Å²) in [5, 5.41) is 8.37. The Bertz CT molecular complexity index is 1030. The molecule has 1 unspecified atom stereocenters. The van der Waals surface area contributed by atoms with Crippen LogP contribution in [0.15, 0.2) is 20.5 Å². The zero-order valence-electron chi connectivity index (χ0n) is 16.4. The monoisotopic (exact) mass is 418 g/mol. The number of aliphatic imine (C=N–C) groups is 1. The van der Waals surface area contributed by atoms with Crippen LogP contribution in [0.5, 0.6) is 0 Å². The number of hydrogen-bond acceptors (Lipinski definition) is 6. The number of aryl methyl sites for hydroxylation is 1. The molecule has 0 spiro atoms. The van der Waals surface area contributed by atoms with Gasteiger partial charge in [0.25, 0.3) is 0 Å². The number of pyridine rings is 1. The van der Waals surface area contributed by atoms with E-state index in [0.717, 1.165) is 60.3 Å². The Labute approximate surface area is 170 Å². The Morgan fingerprint density at radius 1 is 1.38 bits per heavy atom. The van der Waals surface area contributed by atoms with Gasteiger partial charge < -0.3 is 15.8 Å². The quantitative estimate of drug-likeness (QED) is 0.684. The van der Waals surface area contributed by atoms with E-state index in [1.807, 2.05) is 6.92 Å². The van der Waals surface area contributed by atoms with E-state index in [2.05, 4.69) is 14.7 Å². The van der Waals surface area contributed by atoms with Crippen molar-refractivity contribution in [3.8, 4) is 0 Å². The number of urea groups is 1. The highest BCUT2D eigenvalue weighted by Crippen LogP contribution is 2.44. The second-order valence-corrected chi connectivity index (χ2v) is 9.40. The van der Waals surface area contributed by atoms with Crippen molar-refractivity contribution in [1.82, 2.24) is 4.98 Å². The molecule has 2 heterocycles. The lowest BCUT2D eigenvalue weighted by molar-refractivity contribution is 0.171. The lowest BCUT2D eigenvalue weighted by atomic mass is 10.0. The van der Waals surface area contributed by atoms with E-state index in [-0.39, 0.29) is 11.6 Å². The number of nitrogens with two attached hydrogens (primary N) is 2. The van der Waals surface area contributed by atoms with Crippen LogP contribution in [0.1, 0.15) is 47.7 Å². The zero-order valence-corrected chi connectivity index (χ0v) is 17.3. The van der Waals surface area contributed by atoms with Crippen molar-refractivity contribution < 1.29 is 13.7 Å². The van der Waals surface area contributed by atoms with Crippen molar-refractivity contribution in [2.45, 2.75) is 44.9 Å². The van der Waals surface area contributed by atoms with Crippen molar-refractivity contribution in [2.24, 2.45) is 20.2 Å². The van der Waals surface area contributed by atoms with Crippen LogP contribution in [0.2, 0.25) is 0 Å². The van der Waals surface area contributed by atoms with E-state index in [9.17, 15) is 9.00 Å². The molecule has 2 amide bonds. The van der Waals surface area contributed by atoms with E-state index in [4.69, 9.17) is 20.6 Å². The van der Waals surface area contributed by atoms with E-state index in [1.54, 1.807) is 0 Å². The van der Waals surface area contributed by atoms with Crippen LogP contribution < -0.4 is 16.2 Å². The fraction of sp³-hybridized carbons (Fsp3) is 0.526. The lowest BCUT2D eigenvalue weighted by Crippen LogP contribution is -2.26. The molecule has 0 radical (unpaired) electrons. The Morgan fingerprint density at radius 2 is 2.17 bits per heavy atom. The van der Waals surface area contributed by atoms with E-state index in [1.165, 1.54) is 6.08 Å². The summed E-state index contributed by atoms with van der Waals surface area (Å²) in [5.74, 6) is 0.462. The molecule has 1 atom stereocenters. The van der Waals surface area contributed by atoms with Crippen LogP contribution in [-0.4, -0.2) is 40.7 Å². The number of ether oxygens (including phenoxy) is 1. The molecule has 1 saturated carbocycles. The van der Waals surface area contributed by atoms with Gasteiger partial charge in [0.05, 0.1) is 31.2 Å². The molecule has 0 aromatic carbocycles. The molecule has 2 aliphatic carbocycles. The van der Waals surface area contributed by atoms with Crippen molar-refractivity contribution in [3.05, 3.63) is 33.6 Å². The summed E-state index contributed by atoms with van der Waals surface area (Å²) in [5.41, 5.74) is 11.2. The number of rotatable bonds is 4. The summed E-state index contributed by atoms with van der Waals surface area (Å²) in [6.07, 6.45) is 6.38. The number of hydrogen-bond donors (Lipinski definition) is 3. The molecule has 1 fully saturated rings. The number of carbonyl (C=O) groups excluding carboxylic acids is 1. The van der Waals surface area contributed by atoms with E-state index >= 15 is 0 Å². The van der Waals surface area contributed by atoms with Crippen LogP contribution in [-0.2, 0) is 27.5 Å². The molecule has 0 bridgehead atoms. The van der Waals surface area contributed by atoms with Gasteiger partial charge in [-0.25, -0.2) is 14.1 Å². The average Bonchev–Trinajstić information content (AvgIpc) is 3.41. The van der Waals surface area contributed by atoms with Gasteiger partial charge in [0, 0.05) is 17.3 Å². The molecule has 1 aromatic rings. The molecule has 9 nitrogen and oxygen atoms in total. The van der Waals surface area contributed by atoms with Crippen LogP contribution in [0.4, 0.5) is 10.5 Å². The fourth-order valence-corrected chi connectivity index (χ4v) is 4.45. The van der Waals surface area contributed by atoms with Gasteiger partial charge in [-0.2, -0.15) is 0 Å². The zero-order chi connectivity index (χ0) is 20.6. The van der Waals surface area contributed by atoms with Crippen molar-refractivity contribution in [2.75, 3.05) is 25.1 Å². The number of nitrogens with zero attached hydrogens (tertiary/aromatic N) is 3. The van der Waals surface area contributed by atoms with Crippen LogP contribution in [0, 0.1) is 6.92 Å². The first-order chi connectivity index (χ1) is 13.8. The molecule has 1 aliphatic heterocycles. The minimum Gasteiger partial charge on any atom is -0.390 e. The summed E-state index contributed by atoms with van der Waals surface area (Å²) in [7, 11) is -3.57. The highest BCUT2D eigenvalue weighted by atomic mass is 32.2. The first-order valence-electron chi connectivity index (χ1n) is 9.81. The molecule has 156 valence electrons. The topological polar surface area (TPSA) is 145 Å². The fourth-order valence-electron chi connectivity index (χ4n) is 3.75. The van der Waals surface area contributed by atoms with Gasteiger partial charge in [0.1, 0.15) is 5.03 Å². The summed E-state index contributed by atoms with van der Waals surface area (Å²) in [6.45, 7) is 3.25. The summed E-state index contributed by atoms with van der Waals surface area (Å²) < 4.78 is 21.7. The summed E-state index contributed by atoms with van der Waals surface area (Å²) in [6, 6.07) is -0.777. The van der Waals surface area contributed by atoms with Crippen molar-refractivity contribution in [1.29, 1.82) is 0 Å². The normalized spacial score (nSPS) is 21.2. The van der Waals surface area contributed by atoms with Crippen LogP contribution in [0.25, 0.3) is 0 Å². The van der Waals surface area contributed by atoms with Gasteiger partial charge in [0.15, 0.2) is 9.92 Å². The predicted molar refractivity (Wildman–Crippen MR) is 112 cm³/mol. The SMILES string of the molecule is Cc1c(C2CC2)nc2c(c1NC(=O)N=S(N)(=O)/C(N)=C/C1=NCCOC1)CCC2. The maximum atomic E-state index is 12.7.